The van der Waals surface area contributed by atoms with Crippen LogP contribution < -0.4 is 14.8 Å². The normalized spacial score (nSPS) is 10.3. The quantitative estimate of drug-likeness (QED) is 0.809. The van der Waals surface area contributed by atoms with Gasteiger partial charge in [-0.15, -0.1) is 0 Å². The van der Waals surface area contributed by atoms with Gasteiger partial charge in [0, 0.05) is 17.3 Å². The average molecular weight is 326 g/mol. The summed E-state index contributed by atoms with van der Waals surface area (Å²) in [7, 11) is 1.58. The Morgan fingerprint density at radius 1 is 1.10 bits per heavy atom. The van der Waals surface area contributed by atoms with Gasteiger partial charge in [0.25, 0.3) is 0 Å². The van der Waals surface area contributed by atoms with Crippen molar-refractivity contribution in [2.45, 2.75) is 13.5 Å². The van der Waals surface area contributed by atoms with Crippen LogP contribution in [0.4, 0.5) is 5.69 Å². The number of rotatable bonds is 6. The van der Waals surface area contributed by atoms with Gasteiger partial charge in [0.15, 0.2) is 11.5 Å². The minimum Gasteiger partial charge on any atom is -0.491 e. The summed E-state index contributed by atoms with van der Waals surface area (Å²) in [5, 5.41) is 4.56. The van der Waals surface area contributed by atoms with Gasteiger partial charge < -0.3 is 14.8 Å². The van der Waals surface area contributed by atoms with Crippen LogP contribution in [-0.2, 0) is 6.54 Å². The molecule has 112 valence electrons. The summed E-state index contributed by atoms with van der Waals surface area (Å²) in [6.45, 7) is 3.11. The summed E-state index contributed by atoms with van der Waals surface area (Å²) in [5.74, 6) is 1.22. The number of hydrogen-bond acceptors (Lipinski definition) is 3. The molecule has 0 atom stereocenters. The summed E-state index contributed by atoms with van der Waals surface area (Å²) in [6, 6.07) is 11.3. The molecule has 21 heavy (non-hydrogen) atoms. The molecule has 0 spiro atoms. The van der Waals surface area contributed by atoms with Crippen LogP contribution in [0.25, 0.3) is 0 Å². The minimum absolute atomic E-state index is 0.538. The Morgan fingerprint density at radius 2 is 1.81 bits per heavy atom. The summed E-state index contributed by atoms with van der Waals surface area (Å²) in [6.07, 6.45) is 0. The molecule has 0 heterocycles. The van der Waals surface area contributed by atoms with E-state index in [1.807, 2.05) is 43.3 Å². The molecule has 0 aliphatic rings. The van der Waals surface area contributed by atoms with Crippen molar-refractivity contribution in [2.24, 2.45) is 0 Å². The standard InChI is InChI=1S/C16H17Cl2NO2/c1-3-21-15-9-11(8-14(18)16(15)20-2)10-19-13-6-4-12(17)5-7-13/h4-9,19H,3,10H2,1-2H3. The molecule has 2 rings (SSSR count). The third-order valence-corrected chi connectivity index (χ3v) is 3.45. The van der Waals surface area contributed by atoms with Crippen molar-refractivity contribution in [1.82, 2.24) is 0 Å². The average Bonchev–Trinajstić information content (AvgIpc) is 2.47. The molecule has 0 radical (unpaired) electrons. The maximum atomic E-state index is 6.22. The molecule has 2 aromatic carbocycles. The van der Waals surface area contributed by atoms with Crippen LogP contribution >= 0.6 is 23.2 Å². The largest absolute Gasteiger partial charge is 0.491 e. The van der Waals surface area contributed by atoms with Crippen LogP contribution in [-0.4, -0.2) is 13.7 Å². The van der Waals surface area contributed by atoms with E-state index < -0.39 is 0 Å². The minimum atomic E-state index is 0.538. The molecule has 3 nitrogen and oxygen atoms in total. The Kier molecular flexibility index (Phi) is 5.59. The molecule has 1 N–H and O–H groups in total. The van der Waals surface area contributed by atoms with Gasteiger partial charge in [-0.25, -0.2) is 0 Å². The summed E-state index contributed by atoms with van der Waals surface area (Å²) in [4.78, 5) is 0. The highest BCUT2D eigenvalue weighted by molar-refractivity contribution is 6.32. The van der Waals surface area contributed by atoms with E-state index in [-0.39, 0.29) is 0 Å². The Morgan fingerprint density at radius 3 is 2.43 bits per heavy atom. The van der Waals surface area contributed by atoms with Crippen molar-refractivity contribution in [3.8, 4) is 11.5 Å². The second-order valence-corrected chi connectivity index (χ2v) is 5.25. The van der Waals surface area contributed by atoms with Crippen LogP contribution in [0.3, 0.4) is 0 Å². The number of halogens is 2. The summed E-state index contributed by atoms with van der Waals surface area (Å²) >= 11 is 12.1. The lowest BCUT2D eigenvalue weighted by molar-refractivity contribution is 0.310. The van der Waals surface area contributed by atoms with Gasteiger partial charge in [0.05, 0.1) is 18.7 Å². The van der Waals surface area contributed by atoms with Crippen LogP contribution in [0.2, 0.25) is 10.0 Å². The first kappa shape index (κ1) is 15.8. The molecule has 0 unspecified atom stereocenters. The van der Waals surface area contributed by atoms with Crippen LogP contribution in [0, 0.1) is 0 Å². The fourth-order valence-electron chi connectivity index (χ4n) is 1.96. The molecular formula is C16H17Cl2NO2. The third kappa shape index (κ3) is 4.19. The van der Waals surface area contributed by atoms with Crippen LogP contribution in [0.1, 0.15) is 12.5 Å². The van der Waals surface area contributed by atoms with Crippen molar-refractivity contribution in [1.29, 1.82) is 0 Å². The zero-order valence-corrected chi connectivity index (χ0v) is 13.5. The van der Waals surface area contributed by atoms with Crippen molar-refractivity contribution in [3.05, 3.63) is 52.0 Å². The van der Waals surface area contributed by atoms with E-state index in [2.05, 4.69) is 5.32 Å². The smallest absolute Gasteiger partial charge is 0.179 e. The van der Waals surface area contributed by atoms with E-state index in [0.717, 1.165) is 11.3 Å². The Balaban J connectivity index is 2.14. The number of methoxy groups -OCH3 is 1. The highest BCUT2D eigenvalue weighted by Crippen LogP contribution is 2.36. The van der Waals surface area contributed by atoms with Gasteiger partial charge in [0.1, 0.15) is 0 Å². The van der Waals surface area contributed by atoms with Crippen molar-refractivity contribution in [2.75, 3.05) is 19.0 Å². The van der Waals surface area contributed by atoms with Crippen molar-refractivity contribution < 1.29 is 9.47 Å². The lowest BCUT2D eigenvalue weighted by Crippen LogP contribution is -2.02. The van der Waals surface area contributed by atoms with Crippen molar-refractivity contribution in [3.63, 3.8) is 0 Å². The molecule has 0 saturated carbocycles. The van der Waals surface area contributed by atoms with E-state index >= 15 is 0 Å². The first-order valence-corrected chi connectivity index (χ1v) is 7.38. The third-order valence-electron chi connectivity index (χ3n) is 2.91. The molecular weight excluding hydrogens is 309 g/mol. The maximum Gasteiger partial charge on any atom is 0.179 e. The van der Waals surface area contributed by atoms with E-state index in [1.54, 1.807) is 7.11 Å². The second-order valence-electron chi connectivity index (χ2n) is 4.40. The van der Waals surface area contributed by atoms with Crippen molar-refractivity contribution >= 4 is 28.9 Å². The zero-order chi connectivity index (χ0) is 15.2. The number of benzene rings is 2. The molecule has 0 aromatic heterocycles. The van der Waals surface area contributed by atoms with Gasteiger partial charge in [-0.05, 0) is 48.9 Å². The van der Waals surface area contributed by atoms with E-state index in [4.69, 9.17) is 32.7 Å². The molecule has 0 aliphatic carbocycles. The van der Waals surface area contributed by atoms with Crippen LogP contribution in [0.5, 0.6) is 11.5 Å². The lowest BCUT2D eigenvalue weighted by atomic mass is 10.2. The van der Waals surface area contributed by atoms with Gasteiger partial charge in [-0.3, -0.25) is 0 Å². The highest BCUT2D eigenvalue weighted by atomic mass is 35.5. The Labute approximate surface area is 134 Å². The monoisotopic (exact) mass is 325 g/mol. The van der Waals surface area contributed by atoms with Gasteiger partial charge in [-0.1, -0.05) is 23.2 Å². The summed E-state index contributed by atoms with van der Waals surface area (Å²) < 4.78 is 10.8. The fraction of sp³-hybridized carbons (Fsp3) is 0.250. The second kappa shape index (κ2) is 7.43. The number of anilines is 1. The number of hydrogen-bond donors (Lipinski definition) is 1. The molecule has 0 bridgehead atoms. The van der Waals surface area contributed by atoms with Gasteiger partial charge in [0.2, 0.25) is 0 Å². The first-order valence-electron chi connectivity index (χ1n) is 6.62. The number of nitrogens with one attached hydrogen (secondary N) is 1. The van der Waals surface area contributed by atoms with E-state index in [0.29, 0.717) is 34.7 Å². The first-order chi connectivity index (χ1) is 10.1. The maximum absolute atomic E-state index is 6.22. The SMILES string of the molecule is CCOc1cc(CNc2ccc(Cl)cc2)cc(Cl)c1OC. The Bertz CT molecular complexity index is 600. The van der Waals surface area contributed by atoms with Gasteiger partial charge >= 0.3 is 0 Å². The molecule has 5 heteroatoms. The van der Waals surface area contributed by atoms with E-state index in [1.165, 1.54) is 0 Å². The van der Waals surface area contributed by atoms with Gasteiger partial charge in [-0.2, -0.15) is 0 Å². The molecule has 2 aromatic rings. The number of ether oxygens (including phenoxy) is 2. The lowest BCUT2D eigenvalue weighted by Gasteiger charge is -2.14. The fourth-order valence-corrected chi connectivity index (χ4v) is 2.39. The topological polar surface area (TPSA) is 30.5 Å². The molecule has 0 amide bonds. The van der Waals surface area contributed by atoms with E-state index in [9.17, 15) is 0 Å². The molecule has 0 fully saturated rings. The molecule has 0 saturated heterocycles. The predicted molar refractivity (Wildman–Crippen MR) is 88.0 cm³/mol. The van der Waals surface area contributed by atoms with Crippen LogP contribution in [0.15, 0.2) is 36.4 Å². The molecule has 0 aliphatic heterocycles. The Hall–Kier alpha value is -1.58. The highest BCUT2D eigenvalue weighted by Gasteiger charge is 2.11. The predicted octanol–water partition coefficient (Wildman–Crippen LogP) is 5.01. The zero-order valence-electron chi connectivity index (χ0n) is 12.0. The summed E-state index contributed by atoms with van der Waals surface area (Å²) in [5.41, 5.74) is 2.00.